The Kier molecular flexibility index (Phi) is 2.99. The molecule has 1 saturated heterocycles. The first-order chi connectivity index (χ1) is 6.86. The lowest BCUT2D eigenvalue weighted by Crippen LogP contribution is -2.17. The molecule has 1 aliphatic heterocycles. The molecule has 3 heteroatoms. The van der Waals surface area contributed by atoms with Crippen LogP contribution >= 0.6 is 0 Å². The summed E-state index contributed by atoms with van der Waals surface area (Å²) in [5.41, 5.74) is 1.07. The number of nitrogens with zero attached hydrogens (tertiary/aromatic N) is 1. The van der Waals surface area contributed by atoms with Crippen LogP contribution in [0.1, 0.15) is 18.4 Å². The van der Waals surface area contributed by atoms with E-state index in [-0.39, 0.29) is 6.10 Å². The minimum Gasteiger partial charge on any atom is -0.475 e. The van der Waals surface area contributed by atoms with Gasteiger partial charge in [-0.05, 0) is 25.8 Å². The van der Waals surface area contributed by atoms with Crippen LogP contribution in [-0.4, -0.2) is 24.3 Å². The third-order valence-corrected chi connectivity index (χ3v) is 2.39. The summed E-state index contributed by atoms with van der Waals surface area (Å²) in [7, 11) is 0. The summed E-state index contributed by atoms with van der Waals surface area (Å²) in [5, 5.41) is 0. The van der Waals surface area contributed by atoms with Crippen molar-refractivity contribution in [1.82, 2.24) is 4.98 Å². The van der Waals surface area contributed by atoms with Crippen LogP contribution in [0.25, 0.3) is 0 Å². The fraction of sp³-hybridized carbons (Fsp3) is 0.545. The van der Waals surface area contributed by atoms with Gasteiger partial charge in [0.1, 0.15) is 6.61 Å². The van der Waals surface area contributed by atoms with E-state index in [1.54, 1.807) is 6.20 Å². The molecule has 0 aliphatic carbocycles. The molecule has 1 atom stereocenters. The second-order valence-corrected chi connectivity index (χ2v) is 3.57. The summed E-state index contributed by atoms with van der Waals surface area (Å²) in [6.45, 7) is 3.49. The van der Waals surface area contributed by atoms with Gasteiger partial charge in [-0.3, -0.25) is 0 Å². The minimum atomic E-state index is 0.261. The predicted molar refractivity (Wildman–Crippen MR) is 53.4 cm³/mol. The topological polar surface area (TPSA) is 31.4 Å². The van der Waals surface area contributed by atoms with Crippen LogP contribution < -0.4 is 4.74 Å². The van der Waals surface area contributed by atoms with E-state index in [0.717, 1.165) is 30.9 Å². The van der Waals surface area contributed by atoms with Crippen molar-refractivity contribution in [3.05, 3.63) is 23.9 Å². The molecule has 0 bridgehead atoms. The second kappa shape index (κ2) is 4.42. The molecule has 2 heterocycles. The summed E-state index contributed by atoms with van der Waals surface area (Å²) < 4.78 is 11.0. The third-order valence-electron chi connectivity index (χ3n) is 2.39. The number of hydrogen-bond acceptors (Lipinski definition) is 3. The maximum atomic E-state index is 5.58. The molecule has 1 fully saturated rings. The first kappa shape index (κ1) is 9.46. The first-order valence-corrected chi connectivity index (χ1v) is 5.02. The molecule has 0 N–H and O–H groups in total. The fourth-order valence-electron chi connectivity index (χ4n) is 1.57. The van der Waals surface area contributed by atoms with Gasteiger partial charge in [-0.1, -0.05) is 6.07 Å². The van der Waals surface area contributed by atoms with Crippen LogP contribution in [0.15, 0.2) is 18.3 Å². The zero-order chi connectivity index (χ0) is 9.80. The van der Waals surface area contributed by atoms with Gasteiger partial charge in [0, 0.05) is 18.4 Å². The fourth-order valence-corrected chi connectivity index (χ4v) is 1.57. The molecule has 1 aromatic rings. The van der Waals surface area contributed by atoms with Gasteiger partial charge < -0.3 is 9.47 Å². The molecule has 0 aromatic carbocycles. The van der Waals surface area contributed by atoms with Crippen LogP contribution in [-0.2, 0) is 4.74 Å². The van der Waals surface area contributed by atoms with Gasteiger partial charge in [0.25, 0.3) is 0 Å². The molecule has 1 aliphatic rings. The standard InChI is InChI=1S/C11H15NO2/c1-9-4-2-6-12-11(9)14-8-10-5-3-7-13-10/h2,4,6,10H,3,5,7-8H2,1H3. The van der Waals surface area contributed by atoms with Gasteiger partial charge in [0.15, 0.2) is 0 Å². The molecule has 3 nitrogen and oxygen atoms in total. The maximum Gasteiger partial charge on any atom is 0.216 e. The van der Waals surface area contributed by atoms with Gasteiger partial charge in [0.2, 0.25) is 5.88 Å². The summed E-state index contributed by atoms with van der Waals surface area (Å²) in [4.78, 5) is 4.16. The van der Waals surface area contributed by atoms with Crippen LogP contribution in [0.3, 0.4) is 0 Å². The highest BCUT2D eigenvalue weighted by molar-refractivity contribution is 5.23. The zero-order valence-corrected chi connectivity index (χ0v) is 8.40. The number of aryl methyl sites for hydroxylation is 1. The number of pyridine rings is 1. The van der Waals surface area contributed by atoms with E-state index >= 15 is 0 Å². The third kappa shape index (κ3) is 2.23. The van der Waals surface area contributed by atoms with Crippen molar-refractivity contribution in [3.8, 4) is 5.88 Å². The van der Waals surface area contributed by atoms with Crippen LogP contribution in [0.4, 0.5) is 0 Å². The predicted octanol–water partition coefficient (Wildman–Crippen LogP) is 1.95. The van der Waals surface area contributed by atoms with Crippen molar-refractivity contribution in [3.63, 3.8) is 0 Å². The molecule has 1 unspecified atom stereocenters. The van der Waals surface area contributed by atoms with E-state index in [2.05, 4.69) is 4.98 Å². The molecule has 2 rings (SSSR count). The van der Waals surface area contributed by atoms with E-state index in [1.807, 2.05) is 19.1 Å². The lowest BCUT2D eigenvalue weighted by atomic mass is 10.2. The second-order valence-electron chi connectivity index (χ2n) is 3.57. The monoisotopic (exact) mass is 193 g/mol. The molecule has 0 radical (unpaired) electrons. The molecule has 0 saturated carbocycles. The average molecular weight is 193 g/mol. The summed E-state index contributed by atoms with van der Waals surface area (Å²) >= 11 is 0. The Morgan fingerprint density at radius 1 is 1.64 bits per heavy atom. The Morgan fingerprint density at radius 2 is 2.57 bits per heavy atom. The SMILES string of the molecule is Cc1cccnc1OCC1CCCO1. The summed E-state index contributed by atoms with van der Waals surface area (Å²) in [6.07, 6.45) is 4.26. The smallest absolute Gasteiger partial charge is 0.216 e. The lowest BCUT2D eigenvalue weighted by molar-refractivity contribution is 0.0661. The molecule has 14 heavy (non-hydrogen) atoms. The maximum absolute atomic E-state index is 5.58. The Bertz CT molecular complexity index is 295. The number of ether oxygens (including phenoxy) is 2. The van der Waals surface area contributed by atoms with Crippen LogP contribution in [0, 0.1) is 6.92 Å². The molecular weight excluding hydrogens is 178 g/mol. The van der Waals surface area contributed by atoms with Gasteiger partial charge in [-0.15, -0.1) is 0 Å². The Labute approximate surface area is 84.1 Å². The number of rotatable bonds is 3. The van der Waals surface area contributed by atoms with Gasteiger partial charge in [-0.2, -0.15) is 0 Å². The van der Waals surface area contributed by atoms with Crippen molar-refractivity contribution in [2.75, 3.05) is 13.2 Å². The highest BCUT2D eigenvalue weighted by Gasteiger charge is 2.16. The van der Waals surface area contributed by atoms with Crippen LogP contribution in [0.5, 0.6) is 5.88 Å². The minimum absolute atomic E-state index is 0.261. The summed E-state index contributed by atoms with van der Waals surface area (Å²) in [6, 6.07) is 3.91. The van der Waals surface area contributed by atoms with Gasteiger partial charge >= 0.3 is 0 Å². The normalized spacial score (nSPS) is 21.1. The quantitative estimate of drug-likeness (QED) is 0.735. The largest absolute Gasteiger partial charge is 0.475 e. The van der Waals surface area contributed by atoms with E-state index in [1.165, 1.54) is 0 Å². The van der Waals surface area contributed by atoms with Gasteiger partial charge in [-0.25, -0.2) is 4.98 Å². The van der Waals surface area contributed by atoms with Crippen molar-refractivity contribution < 1.29 is 9.47 Å². The van der Waals surface area contributed by atoms with E-state index in [4.69, 9.17) is 9.47 Å². The molecule has 0 amide bonds. The number of aromatic nitrogens is 1. The van der Waals surface area contributed by atoms with Crippen molar-refractivity contribution in [2.24, 2.45) is 0 Å². The Morgan fingerprint density at radius 3 is 3.29 bits per heavy atom. The molecule has 0 spiro atoms. The van der Waals surface area contributed by atoms with Crippen molar-refractivity contribution in [1.29, 1.82) is 0 Å². The Balaban J connectivity index is 1.88. The first-order valence-electron chi connectivity index (χ1n) is 5.02. The zero-order valence-electron chi connectivity index (χ0n) is 8.40. The molecule has 76 valence electrons. The Hall–Kier alpha value is -1.09. The average Bonchev–Trinajstić information content (AvgIpc) is 2.69. The van der Waals surface area contributed by atoms with Crippen LogP contribution in [0.2, 0.25) is 0 Å². The summed E-state index contributed by atoms with van der Waals surface area (Å²) in [5.74, 6) is 0.725. The highest BCUT2D eigenvalue weighted by atomic mass is 16.5. The van der Waals surface area contributed by atoms with Crippen molar-refractivity contribution >= 4 is 0 Å². The highest BCUT2D eigenvalue weighted by Crippen LogP contribution is 2.16. The molecular formula is C11H15NO2. The molecule has 1 aromatic heterocycles. The van der Waals surface area contributed by atoms with E-state index in [0.29, 0.717) is 6.61 Å². The van der Waals surface area contributed by atoms with Gasteiger partial charge in [0.05, 0.1) is 6.10 Å². The number of hydrogen-bond donors (Lipinski definition) is 0. The van der Waals surface area contributed by atoms with E-state index in [9.17, 15) is 0 Å². The van der Waals surface area contributed by atoms with E-state index < -0.39 is 0 Å². The lowest BCUT2D eigenvalue weighted by Gasteiger charge is -2.11. The van der Waals surface area contributed by atoms with Crippen molar-refractivity contribution in [2.45, 2.75) is 25.9 Å².